The summed E-state index contributed by atoms with van der Waals surface area (Å²) in [6.45, 7) is 3.75. The Labute approximate surface area is 198 Å². The number of hydrazone groups is 1. The average molecular weight is 463 g/mol. The highest BCUT2D eigenvalue weighted by molar-refractivity contribution is 5.92. The molecule has 3 aromatic rings. The molecule has 1 amide bonds. The number of aryl methyl sites for hydroxylation is 1. The van der Waals surface area contributed by atoms with Crippen molar-refractivity contribution in [3.05, 3.63) is 82.9 Å². The molecule has 3 rings (SSSR count). The van der Waals surface area contributed by atoms with E-state index in [0.29, 0.717) is 28.4 Å². The zero-order valence-electron chi connectivity index (χ0n) is 19.5. The number of carbonyl (C=O) groups excluding carboxylic acids is 2. The SMILES string of the molecule is COc1ccc(C(=O)Oc2ccc(/C=N/NC(=O)COc3cccc(C)c3C)cc2OC)cc1. The maximum Gasteiger partial charge on any atom is 0.343 e. The molecule has 0 unspecified atom stereocenters. The lowest BCUT2D eigenvalue weighted by molar-refractivity contribution is -0.123. The zero-order valence-corrected chi connectivity index (χ0v) is 19.5. The Kier molecular flexibility index (Phi) is 8.23. The van der Waals surface area contributed by atoms with Gasteiger partial charge in [0.05, 0.1) is 26.0 Å². The molecule has 0 bridgehead atoms. The Hall–Kier alpha value is -4.33. The van der Waals surface area contributed by atoms with Crippen molar-refractivity contribution in [1.82, 2.24) is 5.43 Å². The number of hydrogen-bond acceptors (Lipinski definition) is 7. The molecule has 0 aliphatic rings. The predicted molar refractivity (Wildman–Crippen MR) is 128 cm³/mol. The fourth-order valence-corrected chi connectivity index (χ4v) is 2.97. The second-order valence-electron chi connectivity index (χ2n) is 7.31. The van der Waals surface area contributed by atoms with Crippen LogP contribution in [-0.2, 0) is 4.79 Å². The molecule has 0 heterocycles. The summed E-state index contributed by atoms with van der Waals surface area (Å²) in [5.74, 6) is 0.972. The third-order valence-electron chi connectivity index (χ3n) is 5.03. The minimum Gasteiger partial charge on any atom is -0.497 e. The lowest BCUT2D eigenvalue weighted by Gasteiger charge is -2.10. The number of amides is 1. The molecule has 176 valence electrons. The quantitative estimate of drug-likeness (QED) is 0.223. The smallest absolute Gasteiger partial charge is 0.343 e. The van der Waals surface area contributed by atoms with E-state index in [1.165, 1.54) is 13.3 Å². The van der Waals surface area contributed by atoms with Crippen LogP contribution in [-0.4, -0.2) is 38.9 Å². The minimum atomic E-state index is -0.529. The van der Waals surface area contributed by atoms with Crippen molar-refractivity contribution in [3.8, 4) is 23.0 Å². The molecule has 0 fully saturated rings. The number of benzene rings is 3. The topological polar surface area (TPSA) is 95.5 Å². The van der Waals surface area contributed by atoms with E-state index >= 15 is 0 Å². The van der Waals surface area contributed by atoms with E-state index in [-0.39, 0.29) is 12.4 Å². The van der Waals surface area contributed by atoms with E-state index in [0.717, 1.165) is 11.1 Å². The fraction of sp³-hybridized carbons (Fsp3) is 0.192. The number of nitrogens with one attached hydrogen (secondary N) is 1. The van der Waals surface area contributed by atoms with Crippen LogP contribution in [0.3, 0.4) is 0 Å². The number of methoxy groups -OCH3 is 2. The van der Waals surface area contributed by atoms with Gasteiger partial charge in [-0.2, -0.15) is 5.10 Å². The van der Waals surface area contributed by atoms with Crippen LogP contribution in [0.4, 0.5) is 0 Å². The van der Waals surface area contributed by atoms with Crippen LogP contribution < -0.4 is 24.4 Å². The van der Waals surface area contributed by atoms with E-state index in [1.54, 1.807) is 49.6 Å². The van der Waals surface area contributed by atoms with Crippen LogP contribution in [0.2, 0.25) is 0 Å². The van der Waals surface area contributed by atoms with Gasteiger partial charge in [0.25, 0.3) is 5.91 Å². The summed E-state index contributed by atoms with van der Waals surface area (Å²) in [7, 11) is 3.02. The molecule has 0 aromatic heterocycles. The van der Waals surface area contributed by atoms with Gasteiger partial charge in [0.1, 0.15) is 11.5 Å². The van der Waals surface area contributed by atoms with Gasteiger partial charge < -0.3 is 18.9 Å². The van der Waals surface area contributed by atoms with Gasteiger partial charge in [0.2, 0.25) is 0 Å². The molecule has 0 atom stereocenters. The second kappa shape index (κ2) is 11.5. The molecule has 1 N–H and O–H groups in total. The van der Waals surface area contributed by atoms with Gasteiger partial charge in [-0.25, -0.2) is 10.2 Å². The Morgan fingerprint density at radius 3 is 2.38 bits per heavy atom. The van der Waals surface area contributed by atoms with Gasteiger partial charge in [-0.05, 0) is 79.1 Å². The van der Waals surface area contributed by atoms with Crippen LogP contribution in [0.15, 0.2) is 65.8 Å². The first kappa shape index (κ1) is 24.3. The van der Waals surface area contributed by atoms with Crippen molar-refractivity contribution in [2.75, 3.05) is 20.8 Å². The summed E-state index contributed by atoms with van der Waals surface area (Å²) in [6, 6.07) is 17.2. The van der Waals surface area contributed by atoms with Crippen molar-refractivity contribution in [1.29, 1.82) is 0 Å². The highest BCUT2D eigenvalue weighted by Gasteiger charge is 2.13. The maximum absolute atomic E-state index is 12.4. The number of hydrogen-bond donors (Lipinski definition) is 1. The number of ether oxygens (including phenoxy) is 4. The van der Waals surface area contributed by atoms with Gasteiger partial charge in [-0.3, -0.25) is 4.79 Å². The van der Waals surface area contributed by atoms with Crippen LogP contribution >= 0.6 is 0 Å². The minimum absolute atomic E-state index is 0.162. The average Bonchev–Trinajstić information content (AvgIpc) is 2.85. The molecule has 0 radical (unpaired) electrons. The Morgan fingerprint density at radius 2 is 1.68 bits per heavy atom. The first-order valence-electron chi connectivity index (χ1n) is 10.5. The number of esters is 1. The van der Waals surface area contributed by atoms with Crippen molar-refractivity contribution in [2.45, 2.75) is 13.8 Å². The third-order valence-corrected chi connectivity index (χ3v) is 5.03. The Balaban J connectivity index is 1.57. The highest BCUT2D eigenvalue weighted by Crippen LogP contribution is 2.28. The molecular weight excluding hydrogens is 436 g/mol. The molecule has 0 aliphatic carbocycles. The Bertz CT molecular complexity index is 1190. The molecule has 0 saturated heterocycles. The molecule has 0 saturated carbocycles. The first-order chi connectivity index (χ1) is 16.4. The van der Waals surface area contributed by atoms with Gasteiger partial charge in [-0.1, -0.05) is 12.1 Å². The van der Waals surface area contributed by atoms with Crippen molar-refractivity contribution >= 4 is 18.1 Å². The van der Waals surface area contributed by atoms with E-state index in [4.69, 9.17) is 18.9 Å². The second-order valence-corrected chi connectivity index (χ2v) is 7.31. The zero-order chi connectivity index (χ0) is 24.5. The van der Waals surface area contributed by atoms with Crippen LogP contribution in [0.25, 0.3) is 0 Å². The monoisotopic (exact) mass is 462 g/mol. The maximum atomic E-state index is 12.4. The van der Waals surface area contributed by atoms with Crippen LogP contribution in [0.5, 0.6) is 23.0 Å². The summed E-state index contributed by atoms with van der Waals surface area (Å²) in [4.78, 5) is 24.4. The predicted octanol–water partition coefficient (Wildman–Crippen LogP) is 4.07. The standard InChI is InChI=1S/C26H26N2O6/c1-17-6-5-7-22(18(17)2)33-16-25(29)28-27-15-19-8-13-23(24(14-19)32-4)34-26(30)20-9-11-21(31-3)12-10-20/h5-15H,16H2,1-4H3,(H,28,29)/b27-15+. The summed E-state index contributed by atoms with van der Waals surface area (Å²) in [6.07, 6.45) is 1.45. The van der Waals surface area contributed by atoms with Gasteiger partial charge in [0.15, 0.2) is 18.1 Å². The van der Waals surface area contributed by atoms with Gasteiger partial charge in [0, 0.05) is 0 Å². The van der Waals surface area contributed by atoms with Crippen LogP contribution in [0.1, 0.15) is 27.0 Å². The third kappa shape index (κ3) is 6.35. The summed E-state index contributed by atoms with van der Waals surface area (Å²) >= 11 is 0. The lowest BCUT2D eigenvalue weighted by Crippen LogP contribution is -2.24. The lowest BCUT2D eigenvalue weighted by atomic mass is 10.1. The molecule has 3 aromatic carbocycles. The molecule has 8 heteroatoms. The largest absolute Gasteiger partial charge is 0.497 e. The van der Waals surface area contributed by atoms with Crippen LogP contribution in [0, 0.1) is 13.8 Å². The number of nitrogens with zero attached hydrogens (tertiary/aromatic N) is 1. The van der Waals surface area contributed by atoms with Crippen molar-refractivity contribution < 1.29 is 28.5 Å². The molecule has 8 nitrogen and oxygen atoms in total. The molecule has 0 spiro atoms. The molecular formula is C26H26N2O6. The van der Waals surface area contributed by atoms with Gasteiger partial charge in [-0.15, -0.1) is 0 Å². The Morgan fingerprint density at radius 1 is 0.912 bits per heavy atom. The summed E-state index contributed by atoms with van der Waals surface area (Å²) < 4.78 is 21.4. The van der Waals surface area contributed by atoms with E-state index in [9.17, 15) is 9.59 Å². The normalized spacial score (nSPS) is 10.6. The number of rotatable bonds is 9. The molecule has 34 heavy (non-hydrogen) atoms. The van der Waals surface area contributed by atoms with Gasteiger partial charge >= 0.3 is 5.97 Å². The van der Waals surface area contributed by atoms with E-state index in [2.05, 4.69) is 10.5 Å². The molecule has 0 aliphatic heterocycles. The fourth-order valence-electron chi connectivity index (χ4n) is 2.97. The van der Waals surface area contributed by atoms with E-state index in [1.807, 2.05) is 32.0 Å². The first-order valence-corrected chi connectivity index (χ1v) is 10.5. The van der Waals surface area contributed by atoms with Crippen molar-refractivity contribution in [2.24, 2.45) is 5.10 Å². The highest BCUT2D eigenvalue weighted by atomic mass is 16.6. The number of carbonyl (C=O) groups is 2. The summed E-state index contributed by atoms with van der Waals surface area (Å²) in [5, 5.41) is 3.94. The van der Waals surface area contributed by atoms with E-state index < -0.39 is 11.9 Å². The van der Waals surface area contributed by atoms with Crippen molar-refractivity contribution in [3.63, 3.8) is 0 Å². The summed E-state index contributed by atoms with van der Waals surface area (Å²) in [5.41, 5.74) is 5.50.